The van der Waals surface area contributed by atoms with Crippen LogP contribution in [-0.2, 0) is 16.1 Å². The number of imidazole rings is 1. The lowest BCUT2D eigenvalue weighted by molar-refractivity contribution is -0.695. The van der Waals surface area contributed by atoms with Crippen LogP contribution in [-0.4, -0.2) is 38.0 Å². The van der Waals surface area contributed by atoms with E-state index in [2.05, 4.69) is 9.97 Å². The van der Waals surface area contributed by atoms with Crippen LogP contribution in [0.2, 0.25) is 0 Å². The van der Waals surface area contributed by atoms with Crippen molar-refractivity contribution < 1.29 is 24.2 Å². The first-order valence-corrected chi connectivity index (χ1v) is 9.90. The smallest absolute Gasteiger partial charge is 0.295 e. The summed E-state index contributed by atoms with van der Waals surface area (Å²) in [5.74, 6) is -2.18. The molecule has 1 saturated heterocycles. The van der Waals surface area contributed by atoms with Crippen molar-refractivity contribution in [3.05, 3.63) is 94.3 Å². The van der Waals surface area contributed by atoms with Crippen molar-refractivity contribution in [1.29, 1.82) is 0 Å². The van der Waals surface area contributed by atoms with Crippen molar-refractivity contribution in [3.63, 3.8) is 0 Å². The van der Waals surface area contributed by atoms with Gasteiger partial charge < -0.3 is 10.0 Å². The molecule has 1 fully saturated rings. The van der Waals surface area contributed by atoms with Crippen LogP contribution in [0.4, 0.5) is 5.69 Å². The summed E-state index contributed by atoms with van der Waals surface area (Å²) in [6.45, 7) is 0.833. The van der Waals surface area contributed by atoms with E-state index < -0.39 is 28.4 Å². The van der Waals surface area contributed by atoms with Crippen molar-refractivity contribution in [2.24, 2.45) is 0 Å². The Labute approximate surface area is 182 Å². The lowest BCUT2D eigenvalue weighted by Crippen LogP contribution is -2.36. The van der Waals surface area contributed by atoms with Crippen LogP contribution in [0.25, 0.3) is 5.76 Å². The van der Waals surface area contributed by atoms with Crippen molar-refractivity contribution >= 4 is 23.1 Å². The van der Waals surface area contributed by atoms with Crippen LogP contribution in [0, 0.1) is 10.1 Å². The number of nitro benzene ring substituents is 1. The van der Waals surface area contributed by atoms with Gasteiger partial charge in [0.25, 0.3) is 11.6 Å². The highest BCUT2D eigenvalue weighted by atomic mass is 16.6. The largest absolute Gasteiger partial charge is 0.872 e. The molecule has 162 valence electrons. The van der Waals surface area contributed by atoms with Gasteiger partial charge in [-0.2, -0.15) is 0 Å². The fourth-order valence-electron chi connectivity index (χ4n) is 3.77. The van der Waals surface area contributed by atoms with Crippen LogP contribution in [0.5, 0.6) is 0 Å². The number of Topliss-reactive ketones (excluding diaryl/α,β-unsaturated/α-hetero) is 1. The van der Waals surface area contributed by atoms with Gasteiger partial charge in [-0.15, -0.1) is 0 Å². The number of nitrogens with zero attached hydrogens (tertiary/aromatic N) is 4. The Balaban J connectivity index is 1.73. The van der Waals surface area contributed by atoms with Gasteiger partial charge in [-0.3, -0.25) is 29.7 Å². The molecule has 1 aromatic carbocycles. The number of aryl methyl sites for hydroxylation is 1. The second kappa shape index (κ2) is 8.80. The summed E-state index contributed by atoms with van der Waals surface area (Å²) < 4.78 is 1.90. The maximum absolute atomic E-state index is 13.2. The van der Waals surface area contributed by atoms with Crippen molar-refractivity contribution in [2.45, 2.75) is 19.0 Å². The van der Waals surface area contributed by atoms with Crippen LogP contribution >= 0.6 is 0 Å². The Morgan fingerprint density at radius 3 is 2.50 bits per heavy atom. The number of likely N-dealkylation sites (tertiary alicyclic amines) is 1. The molecular weight excluding hydrogens is 414 g/mol. The van der Waals surface area contributed by atoms with Crippen LogP contribution in [0.3, 0.4) is 0 Å². The number of aromatic amines is 1. The average molecular weight is 433 g/mol. The second-order valence-electron chi connectivity index (χ2n) is 7.26. The van der Waals surface area contributed by atoms with E-state index >= 15 is 0 Å². The molecule has 0 aliphatic carbocycles. The number of ketones is 1. The van der Waals surface area contributed by atoms with Gasteiger partial charge in [-0.05, 0) is 35.4 Å². The minimum Gasteiger partial charge on any atom is -0.872 e. The summed E-state index contributed by atoms with van der Waals surface area (Å²) in [5.41, 5.74) is 0.417. The van der Waals surface area contributed by atoms with E-state index in [1.807, 2.05) is 10.8 Å². The summed E-state index contributed by atoms with van der Waals surface area (Å²) in [7, 11) is 0. The zero-order chi connectivity index (χ0) is 22.7. The highest BCUT2D eigenvalue weighted by Gasteiger charge is 2.44. The van der Waals surface area contributed by atoms with Crippen LogP contribution in [0.1, 0.15) is 23.6 Å². The van der Waals surface area contributed by atoms with E-state index in [4.69, 9.17) is 0 Å². The van der Waals surface area contributed by atoms with Crippen molar-refractivity contribution in [3.8, 4) is 0 Å². The molecule has 0 bridgehead atoms. The van der Waals surface area contributed by atoms with Gasteiger partial charge in [-0.1, -0.05) is 5.76 Å². The van der Waals surface area contributed by atoms with E-state index in [1.165, 1.54) is 53.7 Å². The molecule has 1 N–H and O–H groups in total. The number of carbonyl (C=O) groups is 2. The minimum absolute atomic E-state index is 0.123. The first kappa shape index (κ1) is 20.9. The number of nitrogens with one attached hydrogen (secondary N) is 1. The molecule has 1 atom stereocenters. The highest BCUT2D eigenvalue weighted by molar-refractivity contribution is 6.46. The van der Waals surface area contributed by atoms with Gasteiger partial charge >= 0.3 is 0 Å². The first-order chi connectivity index (χ1) is 15.5. The van der Waals surface area contributed by atoms with Gasteiger partial charge in [0.2, 0.25) is 12.1 Å². The zero-order valence-electron chi connectivity index (χ0n) is 16.9. The molecule has 1 aliphatic rings. The topological polar surface area (TPSA) is 136 Å². The molecule has 1 aliphatic heterocycles. The van der Waals surface area contributed by atoms with Crippen molar-refractivity contribution in [1.82, 2.24) is 14.9 Å². The Kier molecular flexibility index (Phi) is 5.75. The third-order valence-corrected chi connectivity index (χ3v) is 5.31. The van der Waals surface area contributed by atoms with Crippen LogP contribution in [0.15, 0.2) is 73.1 Å². The lowest BCUT2D eigenvalue weighted by atomic mass is 9.95. The molecule has 1 amide bonds. The number of non-ortho nitro benzene ring substituents is 1. The number of H-pyrrole nitrogens is 1. The van der Waals surface area contributed by atoms with Gasteiger partial charge in [0, 0.05) is 43.1 Å². The normalized spacial score (nSPS) is 17.6. The number of carbonyl (C=O) groups excluding carboxylic acids is 2. The third kappa shape index (κ3) is 3.97. The molecule has 1 unspecified atom stereocenters. The van der Waals surface area contributed by atoms with E-state index in [-0.39, 0.29) is 23.4 Å². The molecule has 4 rings (SSSR count). The van der Waals surface area contributed by atoms with Gasteiger partial charge in [0.05, 0.1) is 17.5 Å². The fourth-order valence-corrected chi connectivity index (χ4v) is 3.77. The number of aromatic nitrogens is 3. The molecule has 0 radical (unpaired) electrons. The fraction of sp³-hybridized carbons (Fsp3) is 0.182. The number of amides is 1. The highest BCUT2D eigenvalue weighted by Crippen LogP contribution is 2.39. The summed E-state index contributed by atoms with van der Waals surface area (Å²) in [5, 5.41) is 24.2. The van der Waals surface area contributed by atoms with Gasteiger partial charge in [0.1, 0.15) is 12.4 Å². The summed E-state index contributed by atoms with van der Waals surface area (Å²) >= 11 is 0. The maximum atomic E-state index is 13.2. The first-order valence-electron chi connectivity index (χ1n) is 9.90. The van der Waals surface area contributed by atoms with E-state index in [1.54, 1.807) is 12.5 Å². The molecule has 10 nitrogen and oxygen atoms in total. The number of benzene rings is 1. The predicted octanol–water partition coefficient (Wildman–Crippen LogP) is 0.920. The standard InChI is InChI=1S/C22H19N5O5/c28-20(16-6-8-23-9-7-16)18-19(15-2-4-17(5-3-15)27(31)32)26(22(30)21(18)29)12-1-11-25-13-10-24-14-25/h2-10,13-14,19H,1,11-12H2,(H,28,29). The molecule has 2 aromatic heterocycles. The second-order valence-corrected chi connectivity index (χ2v) is 7.26. The quantitative estimate of drug-likeness (QED) is 0.147. The Hall–Kier alpha value is -4.34. The lowest BCUT2D eigenvalue weighted by Gasteiger charge is -2.27. The number of rotatable bonds is 7. The third-order valence-electron chi connectivity index (χ3n) is 5.31. The molecular formula is C22H19N5O5. The average Bonchev–Trinajstić information content (AvgIpc) is 3.41. The molecule has 10 heteroatoms. The number of pyridine rings is 1. The van der Waals surface area contributed by atoms with Crippen molar-refractivity contribution in [2.75, 3.05) is 6.54 Å². The number of hydrogen-bond donors (Lipinski definition) is 1. The number of hydrogen-bond acceptors (Lipinski definition) is 6. The van der Waals surface area contributed by atoms with Gasteiger partial charge in [-0.25, -0.2) is 4.57 Å². The van der Waals surface area contributed by atoms with E-state index in [0.717, 1.165) is 0 Å². The molecule has 3 aromatic rings. The summed E-state index contributed by atoms with van der Waals surface area (Å²) in [4.78, 5) is 44.4. The minimum atomic E-state index is -0.923. The van der Waals surface area contributed by atoms with Gasteiger partial charge in [0.15, 0.2) is 0 Å². The van der Waals surface area contributed by atoms with Crippen LogP contribution < -0.4 is 9.67 Å². The Morgan fingerprint density at radius 2 is 1.88 bits per heavy atom. The molecule has 0 spiro atoms. The Morgan fingerprint density at radius 1 is 1.16 bits per heavy atom. The molecule has 3 heterocycles. The molecule has 0 saturated carbocycles. The zero-order valence-corrected chi connectivity index (χ0v) is 16.9. The summed E-state index contributed by atoms with van der Waals surface area (Å²) in [6, 6.07) is 7.57. The maximum Gasteiger partial charge on any atom is 0.295 e. The number of nitro groups is 1. The summed E-state index contributed by atoms with van der Waals surface area (Å²) in [6.07, 6.45) is 8.79. The predicted molar refractivity (Wildman–Crippen MR) is 109 cm³/mol. The monoisotopic (exact) mass is 433 g/mol. The Bertz CT molecular complexity index is 1170. The van der Waals surface area contributed by atoms with E-state index in [0.29, 0.717) is 18.5 Å². The SMILES string of the molecule is O=C1C(=O)N(CCC[n+]2cc[nH]c2)C(c2ccc([N+](=O)[O-])cc2)C1=C([O-])c1ccncc1. The molecule has 32 heavy (non-hydrogen) atoms. The van der Waals surface area contributed by atoms with E-state index in [9.17, 15) is 24.8 Å².